The monoisotopic (exact) mass is 310 g/mol. The molecular weight excluding hydrogens is 280 g/mol. The minimum Gasteiger partial charge on any atom is -0.462 e. The van der Waals surface area contributed by atoms with E-state index in [0.717, 1.165) is 32.1 Å². The highest BCUT2D eigenvalue weighted by Crippen LogP contribution is 2.54. The van der Waals surface area contributed by atoms with Crippen LogP contribution >= 0.6 is 0 Å². The molecule has 0 aromatic rings. The van der Waals surface area contributed by atoms with E-state index in [2.05, 4.69) is 6.92 Å². The van der Waals surface area contributed by atoms with Gasteiger partial charge in [-0.3, -0.25) is 9.59 Å². The Morgan fingerprint density at radius 2 is 1.77 bits per heavy atom. The first-order valence-electron chi connectivity index (χ1n) is 8.51. The van der Waals surface area contributed by atoms with Gasteiger partial charge in [-0.25, -0.2) is 0 Å². The highest BCUT2D eigenvalue weighted by atomic mass is 16.6. The molecule has 4 heteroatoms. The maximum Gasteiger partial charge on any atom is 0.303 e. The normalized spacial score (nSPS) is 35.4. The van der Waals surface area contributed by atoms with E-state index in [-0.39, 0.29) is 23.5 Å². The number of ether oxygens (including phenoxy) is 2. The van der Waals surface area contributed by atoms with Crippen molar-refractivity contribution in [1.82, 2.24) is 0 Å². The largest absolute Gasteiger partial charge is 0.462 e. The molecule has 2 saturated carbocycles. The second-order valence-electron chi connectivity index (χ2n) is 7.97. The van der Waals surface area contributed by atoms with E-state index in [9.17, 15) is 9.59 Å². The third-order valence-electron chi connectivity index (χ3n) is 5.89. The zero-order valence-electron chi connectivity index (χ0n) is 14.6. The van der Waals surface area contributed by atoms with E-state index >= 15 is 0 Å². The number of hydrogen-bond donors (Lipinski definition) is 0. The summed E-state index contributed by atoms with van der Waals surface area (Å²) in [5.41, 5.74) is -0.202. The number of esters is 2. The molecule has 0 saturated heterocycles. The van der Waals surface area contributed by atoms with Crippen LogP contribution in [0, 0.1) is 17.3 Å². The van der Waals surface area contributed by atoms with Crippen molar-refractivity contribution in [3.05, 3.63) is 0 Å². The van der Waals surface area contributed by atoms with Crippen LogP contribution in [0.1, 0.15) is 73.1 Å². The van der Waals surface area contributed by atoms with Crippen molar-refractivity contribution in [3.63, 3.8) is 0 Å². The van der Waals surface area contributed by atoms with Crippen LogP contribution in [0.4, 0.5) is 0 Å². The second-order valence-corrected chi connectivity index (χ2v) is 7.97. The summed E-state index contributed by atoms with van der Waals surface area (Å²) >= 11 is 0. The lowest BCUT2D eigenvalue weighted by molar-refractivity contribution is -0.171. The molecule has 0 aromatic heterocycles. The predicted molar refractivity (Wildman–Crippen MR) is 84.2 cm³/mol. The predicted octanol–water partition coefficient (Wildman–Crippen LogP) is 3.87. The maximum atomic E-state index is 11.4. The number of fused-ring (bicyclic) bond motifs is 1. The van der Waals surface area contributed by atoms with Crippen LogP contribution in [-0.4, -0.2) is 23.6 Å². The van der Waals surface area contributed by atoms with E-state index < -0.39 is 5.60 Å². The summed E-state index contributed by atoms with van der Waals surface area (Å²) in [6, 6.07) is 0. The number of hydrogen-bond acceptors (Lipinski definition) is 4. The average Bonchev–Trinajstić information content (AvgIpc) is 2.35. The molecule has 126 valence electrons. The Morgan fingerprint density at radius 1 is 1.09 bits per heavy atom. The maximum absolute atomic E-state index is 11.4. The van der Waals surface area contributed by atoms with E-state index in [1.165, 1.54) is 20.3 Å². The van der Waals surface area contributed by atoms with E-state index in [1.807, 2.05) is 13.8 Å². The molecule has 2 aliphatic carbocycles. The number of rotatable bonds is 3. The van der Waals surface area contributed by atoms with Crippen LogP contribution in [0.15, 0.2) is 0 Å². The molecule has 0 aliphatic heterocycles. The molecule has 2 rings (SSSR count). The summed E-state index contributed by atoms with van der Waals surface area (Å²) in [4.78, 5) is 22.8. The van der Waals surface area contributed by atoms with Gasteiger partial charge in [-0.15, -0.1) is 0 Å². The van der Waals surface area contributed by atoms with Crippen molar-refractivity contribution >= 4 is 11.9 Å². The van der Waals surface area contributed by atoms with Gasteiger partial charge in [0.25, 0.3) is 0 Å². The minimum atomic E-state index is -0.453. The highest BCUT2D eigenvalue weighted by molar-refractivity contribution is 5.66. The van der Waals surface area contributed by atoms with Crippen LogP contribution in [0.25, 0.3) is 0 Å². The van der Waals surface area contributed by atoms with Crippen LogP contribution in [0.5, 0.6) is 0 Å². The summed E-state index contributed by atoms with van der Waals surface area (Å²) < 4.78 is 11.2. The number of carbonyl (C=O) groups is 2. The summed E-state index contributed by atoms with van der Waals surface area (Å²) in [5, 5.41) is 0. The van der Waals surface area contributed by atoms with Crippen molar-refractivity contribution in [2.45, 2.75) is 84.8 Å². The average molecular weight is 310 g/mol. The zero-order chi connectivity index (χ0) is 16.5. The zero-order valence-corrected chi connectivity index (χ0v) is 14.6. The fraction of sp³-hybridized carbons (Fsp3) is 0.889. The molecule has 0 heterocycles. The van der Waals surface area contributed by atoms with E-state index in [4.69, 9.17) is 9.47 Å². The molecule has 0 aromatic carbocycles. The molecule has 2 aliphatic rings. The molecule has 0 bridgehead atoms. The minimum absolute atomic E-state index is 0.0205. The Labute approximate surface area is 133 Å². The van der Waals surface area contributed by atoms with Crippen LogP contribution in [0.3, 0.4) is 0 Å². The third kappa shape index (κ3) is 3.64. The second kappa shape index (κ2) is 6.21. The molecule has 4 nitrogen and oxygen atoms in total. The molecule has 0 N–H and O–H groups in total. The van der Waals surface area contributed by atoms with Crippen molar-refractivity contribution in [2.24, 2.45) is 17.3 Å². The lowest BCUT2D eigenvalue weighted by atomic mass is 9.55. The Bertz CT molecular complexity index is 442. The van der Waals surface area contributed by atoms with Gasteiger partial charge in [0.15, 0.2) is 0 Å². The fourth-order valence-electron chi connectivity index (χ4n) is 4.66. The molecule has 22 heavy (non-hydrogen) atoms. The van der Waals surface area contributed by atoms with Gasteiger partial charge in [-0.2, -0.15) is 0 Å². The van der Waals surface area contributed by atoms with Gasteiger partial charge in [-0.1, -0.05) is 6.92 Å². The fourth-order valence-corrected chi connectivity index (χ4v) is 4.66. The first kappa shape index (κ1) is 17.3. The molecule has 4 atom stereocenters. The first-order chi connectivity index (χ1) is 10.1. The smallest absolute Gasteiger partial charge is 0.303 e. The SMILES string of the molecule is CC(=O)OC1CCCC2(C)CCC(C(C)(C)OC(C)=O)CC12. The Hall–Kier alpha value is -1.06. The molecule has 0 radical (unpaired) electrons. The van der Waals surface area contributed by atoms with Crippen LogP contribution < -0.4 is 0 Å². The molecule has 2 fully saturated rings. The van der Waals surface area contributed by atoms with Gasteiger partial charge >= 0.3 is 11.9 Å². The van der Waals surface area contributed by atoms with Crippen molar-refractivity contribution in [2.75, 3.05) is 0 Å². The highest BCUT2D eigenvalue weighted by Gasteiger charge is 2.50. The summed E-state index contributed by atoms with van der Waals surface area (Å²) in [5.74, 6) is 0.290. The molecular formula is C18H30O4. The summed E-state index contributed by atoms with van der Waals surface area (Å²) in [7, 11) is 0. The lowest BCUT2D eigenvalue weighted by Crippen LogP contribution is -2.50. The van der Waals surface area contributed by atoms with E-state index in [1.54, 1.807) is 0 Å². The van der Waals surface area contributed by atoms with Gasteiger partial charge < -0.3 is 9.47 Å². The lowest BCUT2D eigenvalue weighted by Gasteiger charge is -2.52. The van der Waals surface area contributed by atoms with Gasteiger partial charge in [0.2, 0.25) is 0 Å². The van der Waals surface area contributed by atoms with Crippen LogP contribution in [0.2, 0.25) is 0 Å². The van der Waals surface area contributed by atoms with Gasteiger partial charge in [0, 0.05) is 19.8 Å². The molecule has 0 amide bonds. The third-order valence-corrected chi connectivity index (χ3v) is 5.89. The Kier molecular flexibility index (Phi) is 4.88. The quantitative estimate of drug-likeness (QED) is 0.743. The van der Waals surface area contributed by atoms with Crippen molar-refractivity contribution < 1.29 is 19.1 Å². The van der Waals surface area contributed by atoms with Crippen molar-refractivity contribution in [3.8, 4) is 0 Å². The van der Waals surface area contributed by atoms with Gasteiger partial charge in [0.05, 0.1) is 0 Å². The standard InChI is InChI=1S/C18H30O4/c1-12(19)21-16-7-6-9-18(5)10-8-14(11-15(16)18)17(3,4)22-13(2)20/h14-16H,6-11H2,1-5H3. The summed E-state index contributed by atoms with van der Waals surface area (Å²) in [6.45, 7) is 9.31. The Morgan fingerprint density at radius 3 is 2.36 bits per heavy atom. The molecule has 0 spiro atoms. The molecule has 4 unspecified atom stereocenters. The number of carbonyl (C=O) groups excluding carboxylic acids is 2. The first-order valence-corrected chi connectivity index (χ1v) is 8.51. The Balaban J connectivity index is 2.15. The topological polar surface area (TPSA) is 52.6 Å². The van der Waals surface area contributed by atoms with Crippen LogP contribution in [-0.2, 0) is 19.1 Å². The van der Waals surface area contributed by atoms with Gasteiger partial charge in [0.1, 0.15) is 11.7 Å². The van der Waals surface area contributed by atoms with Gasteiger partial charge in [-0.05, 0) is 63.7 Å². The van der Waals surface area contributed by atoms with E-state index in [0.29, 0.717) is 11.8 Å². The van der Waals surface area contributed by atoms with Crippen molar-refractivity contribution in [1.29, 1.82) is 0 Å². The summed E-state index contributed by atoms with van der Waals surface area (Å²) in [6.07, 6.45) is 6.46.